The van der Waals surface area contributed by atoms with Gasteiger partial charge >= 0.3 is 5.97 Å². The summed E-state index contributed by atoms with van der Waals surface area (Å²) in [6.45, 7) is 1.02. The Morgan fingerprint density at radius 2 is 1.78 bits per heavy atom. The highest BCUT2D eigenvalue weighted by Gasteiger charge is 2.25. The standard InChI is InChI=1S/C17H17F2N3O4S/c18-12-7-13(19)9-14(8-12)21-27(25,26)15-1-2-16(20-10-15)22-5-3-11(4-6-22)17(23)24/h1-2,7-11,21H,3-6H2,(H,23,24). The molecule has 3 rings (SSSR count). The molecule has 7 nitrogen and oxygen atoms in total. The third-order valence-corrected chi connectivity index (χ3v) is 5.68. The number of carbonyl (C=O) groups is 1. The van der Waals surface area contributed by atoms with Crippen LogP contribution in [0.1, 0.15) is 12.8 Å². The average Bonchev–Trinajstić information content (AvgIpc) is 2.60. The van der Waals surface area contributed by atoms with Crippen LogP contribution >= 0.6 is 0 Å². The molecule has 27 heavy (non-hydrogen) atoms. The fourth-order valence-electron chi connectivity index (χ4n) is 2.90. The predicted octanol–water partition coefficient (Wildman–Crippen LogP) is 2.46. The van der Waals surface area contributed by atoms with Crippen LogP contribution in [0.4, 0.5) is 20.3 Å². The number of carboxylic acid groups (broad SMARTS) is 1. The zero-order valence-corrected chi connectivity index (χ0v) is 14.9. The number of nitrogens with one attached hydrogen (secondary N) is 1. The number of nitrogens with zero attached hydrogens (tertiary/aromatic N) is 2. The molecule has 0 bridgehead atoms. The summed E-state index contributed by atoms with van der Waals surface area (Å²) in [5, 5.41) is 9.02. The largest absolute Gasteiger partial charge is 0.481 e. The summed E-state index contributed by atoms with van der Waals surface area (Å²) in [4.78, 5) is 16.8. The first-order chi connectivity index (χ1) is 12.7. The van der Waals surface area contributed by atoms with Crippen LogP contribution in [-0.2, 0) is 14.8 Å². The van der Waals surface area contributed by atoms with Crippen molar-refractivity contribution in [3.63, 3.8) is 0 Å². The summed E-state index contributed by atoms with van der Waals surface area (Å²) in [6.07, 6.45) is 2.13. The van der Waals surface area contributed by atoms with Gasteiger partial charge in [-0.05, 0) is 37.1 Å². The van der Waals surface area contributed by atoms with Crippen LogP contribution in [-0.4, -0.2) is 37.6 Å². The average molecular weight is 397 g/mol. The van der Waals surface area contributed by atoms with E-state index in [1.165, 1.54) is 12.1 Å². The lowest BCUT2D eigenvalue weighted by molar-refractivity contribution is -0.142. The first kappa shape index (κ1) is 19.0. The minimum atomic E-state index is -4.06. The Morgan fingerprint density at radius 1 is 1.15 bits per heavy atom. The van der Waals surface area contributed by atoms with E-state index in [2.05, 4.69) is 9.71 Å². The van der Waals surface area contributed by atoms with Gasteiger partial charge in [-0.15, -0.1) is 0 Å². The first-order valence-electron chi connectivity index (χ1n) is 8.17. The van der Waals surface area contributed by atoms with Crippen molar-refractivity contribution in [1.82, 2.24) is 4.98 Å². The Bertz CT molecular complexity index is 923. The molecule has 2 N–H and O–H groups in total. The van der Waals surface area contributed by atoms with E-state index in [4.69, 9.17) is 5.11 Å². The van der Waals surface area contributed by atoms with Crippen molar-refractivity contribution in [2.75, 3.05) is 22.7 Å². The van der Waals surface area contributed by atoms with E-state index >= 15 is 0 Å². The Morgan fingerprint density at radius 3 is 2.30 bits per heavy atom. The Kier molecular flexibility index (Phi) is 5.26. The topological polar surface area (TPSA) is 99.6 Å². The van der Waals surface area contributed by atoms with Gasteiger partial charge in [-0.25, -0.2) is 22.2 Å². The number of hydrogen-bond acceptors (Lipinski definition) is 5. The molecule has 1 aliphatic rings. The van der Waals surface area contributed by atoms with Crippen molar-refractivity contribution in [1.29, 1.82) is 0 Å². The van der Waals surface area contributed by atoms with Crippen molar-refractivity contribution in [3.05, 3.63) is 48.2 Å². The highest BCUT2D eigenvalue weighted by Crippen LogP contribution is 2.24. The molecule has 2 heterocycles. The minimum absolute atomic E-state index is 0.156. The van der Waals surface area contributed by atoms with Gasteiger partial charge in [-0.3, -0.25) is 9.52 Å². The van der Waals surface area contributed by atoms with Crippen LogP contribution in [0.3, 0.4) is 0 Å². The molecule has 0 unspecified atom stereocenters. The number of anilines is 2. The summed E-state index contributed by atoms with van der Waals surface area (Å²) in [6, 6.07) is 5.23. The van der Waals surface area contributed by atoms with Gasteiger partial charge in [0.1, 0.15) is 22.3 Å². The maximum absolute atomic E-state index is 13.2. The fraction of sp³-hybridized carbons (Fsp3) is 0.294. The van der Waals surface area contributed by atoms with E-state index in [0.717, 1.165) is 18.3 Å². The maximum Gasteiger partial charge on any atom is 0.306 e. The quantitative estimate of drug-likeness (QED) is 0.804. The summed E-state index contributed by atoms with van der Waals surface area (Å²) in [7, 11) is -4.06. The number of carboxylic acids is 1. The van der Waals surface area contributed by atoms with E-state index < -0.39 is 27.6 Å². The van der Waals surface area contributed by atoms with Gasteiger partial charge in [0.2, 0.25) is 0 Å². The second-order valence-electron chi connectivity index (χ2n) is 6.22. The van der Waals surface area contributed by atoms with Crippen LogP contribution in [0.25, 0.3) is 0 Å². The van der Waals surface area contributed by atoms with Crippen molar-refractivity contribution >= 4 is 27.5 Å². The number of halogens is 2. The zero-order valence-electron chi connectivity index (χ0n) is 14.1. The Labute approximate surface area is 154 Å². The monoisotopic (exact) mass is 397 g/mol. The van der Waals surface area contributed by atoms with Crippen molar-refractivity contribution < 1.29 is 27.1 Å². The van der Waals surface area contributed by atoms with Gasteiger partial charge in [-0.2, -0.15) is 0 Å². The number of pyridine rings is 1. The van der Waals surface area contributed by atoms with Crippen LogP contribution in [0, 0.1) is 17.6 Å². The number of sulfonamides is 1. The van der Waals surface area contributed by atoms with E-state index in [1.807, 2.05) is 4.90 Å². The second kappa shape index (κ2) is 7.47. The van der Waals surface area contributed by atoms with E-state index in [0.29, 0.717) is 37.8 Å². The number of aromatic nitrogens is 1. The smallest absolute Gasteiger partial charge is 0.306 e. The molecule has 0 amide bonds. The molecule has 0 atom stereocenters. The van der Waals surface area contributed by atoms with Crippen molar-refractivity contribution in [2.24, 2.45) is 5.92 Å². The fourth-order valence-corrected chi connectivity index (χ4v) is 3.89. The molecule has 1 aromatic carbocycles. The molecule has 0 radical (unpaired) electrons. The highest BCUT2D eigenvalue weighted by atomic mass is 32.2. The van der Waals surface area contributed by atoms with Crippen LogP contribution in [0.2, 0.25) is 0 Å². The molecule has 0 spiro atoms. The third kappa shape index (κ3) is 4.51. The molecule has 1 fully saturated rings. The lowest BCUT2D eigenvalue weighted by atomic mass is 9.97. The molecule has 0 saturated carbocycles. The number of piperidine rings is 1. The van der Waals surface area contributed by atoms with Gasteiger partial charge < -0.3 is 10.0 Å². The third-order valence-electron chi connectivity index (χ3n) is 4.31. The summed E-state index contributed by atoms with van der Waals surface area (Å²) in [5.41, 5.74) is -0.229. The highest BCUT2D eigenvalue weighted by molar-refractivity contribution is 7.92. The van der Waals surface area contributed by atoms with Crippen molar-refractivity contribution in [2.45, 2.75) is 17.7 Å². The number of hydrogen-bond donors (Lipinski definition) is 2. The number of aliphatic carboxylic acids is 1. The van der Waals surface area contributed by atoms with Gasteiger partial charge in [0, 0.05) is 25.4 Å². The molecule has 10 heteroatoms. The molecule has 0 aliphatic carbocycles. The van der Waals surface area contributed by atoms with E-state index in [9.17, 15) is 22.0 Å². The van der Waals surface area contributed by atoms with E-state index in [1.54, 1.807) is 0 Å². The lowest BCUT2D eigenvalue weighted by Crippen LogP contribution is -2.36. The Balaban J connectivity index is 1.71. The molecule has 1 saturated heterocycles. The summed E-state index contributed by atoms with van der Waals surface area (Å²) >= 11 is 0. The molecule has 2 aromatic rings. The SMILES string of the molecule is O=C(O)C1CCN(c2ccc(S(=O)(=O)Nc3cc(F)cc(F)c3)cn2)CC1. The molecular weight excluding hydrogens is 380 g/mol. The first-order valence-corrected chi connectivity index (χ1v) is 9.65. The van der Waals surface area contributed by atoms with Gasteiger partial charge in [0.05, 0.1) is 11.6 Å². The maximum atomic E-state index is 13.2. The van der Waals surface area contributed by atoms with E-state index in [-0.39, 0.29) is 16.5 Å². The molecular formula is C17H17F2N3O4S. The predicted molar refractivity (Wildman–Crippen MR) is 94.0 cm³/mol. The Hall–Kier alpha value is -2.75. The summed E-state index contributed by atoms with van der Waals surface area (Å²) in [5.74, 6) is -2.45. The van der Waals surface area contributed by atoms with Gasteiger partial charge in [-0.1, -0.05) is 0 Å². The molecule has 1 aromatic heterocycles. The number of benzene rings is 1. The second-order valence-corrected chi connectivity index (χ2v) is 7.90. The minimum Gasteiger partial charge on any atom is -0.481 e. The van der Waals surface area contributed by atoms with Crippen LogP contribution in [0.5, 0.6) is 0 Å². The number of rotatable bonds is 5. The zero-order chi connectivity index (χ0) is 19.6. The lowest BCUT2D eigenvalue weighted by Gasteiger charge is -2.31. The normalized spacial score (nSPS) is 15.6. The van der Waals surface area contributed by atoms with Crippen LogP contribution < -0.4 is 9.62 Å². The van der Waals surface area contributed by atoms with Crippen LogP contribution in [0.15, 0.2) is 41.4 Å². The van der Waals surface area contributed by atoms with Gasteiger partial charge in [0.15, 0.2) is 0 Å². The summed E-state index contributed by atoms with van der Waals surface area (Å²) < 4.78 is 53.2. The van der Waals surface area contributed by atoms with Gasteiger partial charge in [0.25, 0.3) is 10.0 Å². The molecule has 144 valence electrons. The molecule has 1 aliphatic heterocycles. The van der Waals surface area contributed by atoms with Crippen molar-refractivity contribution in [3.8, 4) is 0 Å².